The average molecular weight is 417 g/mol. The van der Waals surface area contributed by atoms with E-state index in [2.05, 4.69) is 39.6 Å². The zero-order valence-electron chi connectivity index (χ0n) is 14.4. The van der Waals surface area contributed by atoms with Crippen LogP contribution in [0, 0.1) is 0 Å². The Labute approximate surface area is 158 Å². The SMILES string of the molecule is COc1ccc([C@@H](C)NC(=S)NCCC[NH+]2CCOCC2)cc1Br. The molecule has 1 atom stereocenters. The monoisotopic (exact) mass is 416 g/mol. The lowest BCUT2D eigenvalue weighted by molar-refractivity contribution is -0.908. The van der Waals surface area contributed by atoms with Crippen molar-refractivity contribution in [1.82, 2.24) is 10.6 Å². The highest BCUT2D eigenvalue weighted by atomic mass is 79.9. The van der Waals surface area contributed by atoms with Crippen LogP contribution in [0.1, 0.15) is 24.9 Å². The molecule has 7 heteroatoms. The van der Waals surface area contributed by atoms with Crippen molar-refractivity contribution in [2.45, 2.75) is 19.4 Å². The topological polar surface area (TPSA) is 47.0 Å². The number of rotatable bonds is 7. The first-order valence-corrected chi connectivity index (χ1v) is 9.59. The number of ether oxygens (including phenoxy) is 2. The Hall–Kier alpha value is -0.890. The van der Waals surface area contributed by atoms with Gasteiger partial charge in [0.15, 0.2) is 5.11 Å². The van der Waals surface area contributed by atoms with Gasteiger partial charge in [0.25, 0.3) is 0 Å². The van der Waals surface area contributed by atoms with Gasteiger partial charge in [-0.1, -0.05) is 6.07 Å². The zero-order chi connectivity index (χ0) is 17.4. The van der Waals surface area contributed by atoms with Crippen molar-refractivity contribution in [2.24, 2.45) is 0 Å². The van der Waals surface area contributed by atoms with Gasteiger partial charge in [-0.25, -0.2) is 0 Å². The second-order valence-electron chi connectivity index (χ2n) is 5.98. The van der Waals surface area contributed by atoms with Crippen LogP contribution < -0.4 is 20.3 Å². The maximum Gasteiger partial charge on any atom is 0.166 e. The molecule has 0 aromatic heterocycles. The molecule has 1 heterocycles. The van der Waals surface area contributed by atoms with Crippen LogP contribution >= 0.6 is 28.1 Å². The number of methoxy groups -OCH3 is 1. The largest absolute Gasteiger partial charge is 0.496 e. The summed E-state index contributed by atoms with van der Waals surface area (Å²) in [5.74, 6) is 0.831. The van der Waals surface area contributed by atoms with Crippen LogP contribution in [-0.4, -0.2) is 51.6 Å². The first kappa shape index (κ1) is 19.4. The molecule has 2 rings (SSSR count). The smallest absolute Gasteiger partial charge is 0.166 e. The lowest BCUT2D eigenvalue weighted by Gasteiger charge is -2.24. The Morgan fingerprint density at radius 1 is 1.42 bits per heavy atom. The number of morpholine rings is 1. The minimum Gasteiger partial charge on any atom is -0.496 e. The van der Waals surface area contributed by atoms with Gasteiger partial charge in [-0.15, -0.1) is 0 Å². The van der Waals surface area contributed by atoms with E-state index in [4.69, 9.17) is 21.7 Å². The summed E-state index contributed by atoms with van der Waals surface area (Å²) < 4.78 is 11.6. The van der Waals surface area contributed by atoms with Crippen LogP contribution in [0.5, 0.6) is 5.75 Å². The Bertz CT molecular complexity index is 539. The number of hydrogen-bond acceptors (Lipinski definition) is 3. The van der Waals surface area contributed by atoms with Crippen LogP contribution in [0.3, 0.4) is 0 Å². The van der Waals surface area contributed by atoms with Crippen LogP contribution in [0.2, 0.25) is 0 Å². The minimum absolute atomic E-state index is 0.136. The summed E-state index contributed by atoms with van der Waals surface area (Å²) >= 11 is 8.91. The number of nitrogens with one attached hydrogen (secondary N) is 3. The molecule has 0 unspecified atom stereocenters. The lowest BCUT2D eigenvalue weighted by atomic mass is 10.1. The Morgan fingerprint density at radius 3 is 2.83 bits per heavy atom. The molecule has 1 saturated heterocycles. The first-order chi connectivity index (χ1) is 11.6. The molecule has 1 aliphatic heterocycles. The number of halogens is 1. The number of thiocarbonyl (C=S) groups is 1. The summed E-state index contributed by atoms with van der Waals surface area (Å²) in [5, 5.41) is 7.33. The van der Waals surface area contributed by atoms with Gasteiger partial charge in [-0.05, 0) is 52.8 Å². The number of benzene rings is 1. The van der Waals surface area contributed by atoms with Crippen molar-refractivity contribution in [3.63, 3.8) is 0 Å². The highest BCUT2D eigenvalue weighted by molar-refractivity contribution is 9.10. The van der Waals surface area contributed by atoms with E-state index in [1.807, 2.05) is 12.1 Å². The molecule has 5 nitrogen and oxygen atoms in total. The molecular weight excluding hydrogens is 390 g/mol. The number of hydrogen-bond donors (Lipinski definition) is 3. The summed E-state index contributed by atoms with van der Waals surface area (Å²) in [7, 11) is 1.67. The van der Waals surface area contributed by atoms with Crippen molar-refractivity contribution in [3.8, 4) is 5.75 Å². The molecule has 0 aliphatic carbocycles. The first-order valence-electron chi connectivity index (χ1n) is 8.39. The van der Waals surface area contributed by atoms with E-state index in [-0.39, 0.29) is 6.04 Å². The molecule has 1 aromatic rings. The predicted octanol–water partition coefficient (Wildman–Crippen LogP) is 1.29. The van der Waals surface area contributed by atoms with Crippen molar-refractivity contribution in [1.29, 1.82) is 0 Å². The third-order valence-corrected chi connectivity index (χ3v) is 5.10. The van der Waals surface area contributed by atoms with Gasteiger partial charge in [0.05, 0.1) is 37.4 Å². The molecule has 134 valence electrons. The summed E-state index contributed by atoms with van der Waals surface area (Å²) in [5.41, 5.74) is 1.16. The summed E-state index contributed by atoms with van der Waals surface area (Å²) in [4.78, 5) is 1.62. The molecule has 1 aromatic carbocycles. The fraction of sp³-hybridized carbons (Fsp3) is 0.588. The Morgan fingerprint density at radius 2 is 2.17 bits per heavy atom. The summed E-state index contributed by atoms with van der Waals surface area (Å²) in [6.45, 7) is 8.17. The van der Waals surface area contributed by atoms with Crippen LogP contribution in [-0.2, 0) is 4.74 Å². The fourth-order valence-electron chi connectivity index (χ4n) is 2.73. The minimum atomic E-state index is 0.136. The predicted molar refractivity (Wildman–Crippen MR) is 104 cm³/mol. The van der Waals surface area contributed by atoms with E-state index >= 15 is 0 Å². The molecule has 0 amide bonds. The third-order valence-electron chi connectivity index (χ3n) is 4.22. The zero-order valence-corrected chi connectivity index (χ0v) is 16.8. The van der Waals surface area contributed by atoms with Gasteiger partial charge in [0.2, 0.25) is 0 Å². The highest BCUT2D eigenvalue weighted by Crippen LogP contribution is 2.27. The van der Waals surface area contributed by atoms with Gasteiger partial charge >= 0.3 is 0 Å². The van der Waals surface area contributed by atoms with Gasteiger partial charge in [0.1, 0.15) is 18.8 Å². The molecule has 24 heavy (non-hydrogen) atoms. The molecule has 0 saturated carbocycles. The van der Waals surface area contributed by atoms with E-state index in [1.54, 1.807) is 12.0 Å². The Kier molecular flexibility index (Phi) is 8.24. The van der Waals surface area contributed by atoms with E-state index in [0.29, 0.717) is 5.11 Å². The van der Waals surface area contributed by atoms with E-state index in [0.717, 1.165) is 55.1 Å². The van der Waals surface area contributed by atoms with Crippen molar-refractivity contribution in [2.75, 3.05) is 46.5 Å². The third kappa shape index (κ3) is 6.20. The molecular formula is C17H27BrN3O2S+. The van der Waals surface area contributed by atoms with Gasteiger partial charge in [0, 0.05) is 13.0 Å². The normalized spacial score (nSPS) is 16.5. The summed E-state index contributed by atoms with van der Waals surface area (Å²) in [6.07, 6.45) is 1.11. The van der Waals surface area contributed by atoms with Crippen molar-refractivity contribution >= 4 is 33.3 Å². The molecule has 1 fully saturated rings. The van der Waals surface area contributed by atoms with E-state index in [9.17, 15) is 0 Å². The standard InChI is InChI=1S/C17H26BrN3O2S/c1-13(14-4-5-16(22-2)15(18)12-14)20-17(24)19-6-3-7-21-8-10-23-11-9-21/h4-5,12-13H,3,6-11H2,1-2H3,(H2,19,20,24)/p+1/t13-/m1/s1. The molecule has 3 N–H and O–H groups in total. The quantitative estimate of drug-likeness (QED) is 0.461. The van der Waals surface area contributed by atoms with Crippen LogP contribution in [0.25, 0.3) is 0 Å². The van der Waals surface area contributed by atoms with Gasteiger partial charge < -0.3 is 25.0 Å². The van der Waals surface area contributed by atoms with E-state index < -0.39 is 0 Å². The van der Waals surface area contributed by atoms with Crippen LogP contribution in [0.4, 0.5) is 0 Å². The second-order valence-corrected chi connectivity index (χ2v) is 7.24. The molecule has 0 radical (unpaired) electrons. The fourth-order valence-corrected chi connectivity index (χ4v) is 3.57. The Balaban J connectivity index is 1.68. The maximum atomic E-state index is 5.40. The van der Waals surface area contributed by atoms with Gasteiger partial charge in [-0.3, -0.25) is 0 Å². The van der Waals surface area contributed by atoms with Gasteiger partial charge in [-0.2, -0.15) is 0 Å². The number of quaternary nitrogens is 1. The average Bonchev–Trinajstić information content (AvgIpc) is 2.59. The molecule has 0 spiro atoms. The molecule has 1 aliphatic rings. The van der Waals surface area contributed by atoms with E-state index in [1.165, 1.54) is 6.54 Å². The maximum absolute atomic E-state index is 5.40. The second kappa shape index (κ2) is 10.2. The van der Waals surface area contributed by atoms with Crippen molar-refractivity contribution < 1.29 is 14.4 Å². The lowest BCUT2D eigenvalue weighted by Crippen LogP contribution is -3.14. The van der Waals surface area contributed by atoms with Crippen molar-refractivity contribution in [3.05, 3.63) is 28.2 Å². The molecule has 0 bridgehead atoms. The van der Waals surface area contributed by atoms with Crippen LogP contribution in [0.15, 0.2) is 22.7 Å². The highest BCUT2D eigenvalue weighted by Gasteiger charge is 2.13. The summed E-state index contributed by atoms with van der Waals surface area (Å²) in [6, 6.07) is 6.20.